The molecule has 1 rings (SSSR count). The quantitative estimate of drug-likeness (QED) is 0.626. The summed E-state index contributed by atoms with van der Waals surface area (Å²) in [6, 6.07) is 8.13. The molecule has 0 spiro atoms. The smallest absolute Gasteiger partial charge is 0.133 e. The van der Waals surface area contributed by atoms with E-state index in [9.17, 15) is 0 Å². The maximum absolute atomic E-state index is 8.33. The number of nitrogens with zero attached hydrogens (tertiary/aromatic N) is 1. The fourth-order valence-corrected chi connectivity index (χ4v) is 1.43. The largest absolute Gasteiger partial charge is 0.185 e. The minimum absolute atomic E-state index is 0.795. The van der Waals surface area contributed by atoms with Crippen molar-refractivity contribution in [2.24, 2.45) is 0 Å². The van der Waals surface area contributed by atoms with Crippen molar-refractivity contribution in [3.8, 4) is 5.40 Å². The number of rotatable bonds is 2. The van der Waals surface area contributed by atoms with Crippen LogP contribution < -0.4 is 0 Å². The van der Waals surface area contributed by atoms with Crippen molar-refractivity contribution < 1.29 is 0 Å². The van der Waals surface area contributed by atoms with E-state index in [0.717, 1.165) is 5.75 Å². The van der Waals surface area contributed by atoms with Gasteiger partial charge in [0.2, 0.25) is 0 Å². The molecule has 11 heavy (non-hydrogen) atoms. The third-order valence-corrected chi connectivity index (χ3v) is 2.14. The molecule has 0 saturated carbocycles. The van der Waals surface area contributed by atoms with Crippen LogP contribution in [0.15, 0.2) is 24.3 Å². The van der Waals surface area contributed by atoms with Crippen molar-refractivity contribution in [1.82, 2.24) is 0 Å². The van der Waals surface area contributed by atoms with Crippen LogP contribution in [0.1, 0.15) is 11.1 Å². The lowest BCUT2D eigenvalue weighted by molar-refractivity contribution is 1.31. The minimum Gasteiger partial charge on any atom is -0.185 e. The Bertz CT molecular complexity index is 275. The summed E-state index contributed by atoms with van der Waals surface area (Å²) in [6.45, 7) is 2.06. The normalized spacial score (nSPS) is 9.09. The zero-order valence-electron chi connectivity index (χ0n) is 6.37. The van der Waals surface area contributed by atoms with Crippen molar-refractivity contribution in [1.29, 1.82) is 5.26 Å². The van der Waals surface area contributed by atoms with Gasteiger partial charge in [-0.1, -0.05) is 24.3 Å². The molecule has 0 aliphatic heterocycles. The Morgan fingerprint density at radius 2 is 2.18 bits per heavy atom. The van der Waals surface area contributed by atoms with E-state index >= 15 is 0 Å². The monoisotopic (exact) mass is 163 g/mol. The molecule has 56 valence electrons. The average molecular weight is 163 g/mol. The Morgan fingerprint density at radius 1 is 1.45 bits per heavy atom. The Hall–Kier alpha value is -0.940. The first-order chi connectivity index (χ1) is 5.34. The van der Waals surface area contributed by atoms with Gasteiger partial charge in [-0.2, -0.15) is 5.26 Å². The summed E-state index contributed by atoms with van der Waals surface area (Å²) < 4.78 is 0. The number of thiocyanates is 1. The molecule has 0 fully saturated rings. The predicted molar refractivity (Wildman–Crippen MR) is 48.1 cm³/mol. The average Bonchev–Trinajstić information content (AvgIpc) is 2.03. The van der Waals surface area contributed by atoms with Crippen molar-refractivity contribution in [3.05, 3.63) is 35.4 Å². The Kier molecular flexibility index (Phi) is 3.00. The van der Waals surface area contributed by atoms with E-state index in [2.05, 4.69) is 24.5 Å². The highest BCUT2D eigenvalue weighted by Gasteiger charge is 1.94. The summed E-state index contributed by atoms with van der Waals surface area (Å²) in [5, 5.41) is 10.4. The van der Waals surface area contributed by atoms with Crippen LogP contribution in [0.2, 0.25) is 0 Å². The van der Waals surface area contributed by atoms with E-state index in [0.29, 0.717) is 0 Å². The first kappa shape index (κ1) is 8.16. The number of aryl methyl sites for hydroxylation is 1. The van der Waals surface area contributed by atoms with Crippen molar-refractivity contribution in [3.63, 3.8) is 0 Å². The lowest BCUT2D eigenvalue weighted by Crippen LogP contribution is -1.83. The number of hydrogen-bond donors (Lipinski definition) is 0. The summed E-state index contributed by atoms with van der Waals surface area (Å²) >= 11 is 1.28. The van der Waals surface area contributed by atoms with Gasteiger partial charge >= 0.3 is 0 Å². The molecule has 0 bridgehead atoms. The predicted octanol–water partition coefficient (Wildman–Crippen LogP) is 2.71. The summed E-state index contributed by atoms with van der Waals surface area (Å²) in [5.41, 5.74) is 2.51. The standard InChI is InChI=1S/C9H9NS/c1-8-4-2-3-5-9(8)6-11-7-10/h2-5H,6H2,1H3. The van der Waals surface area contributed by atoms with Gasteiger partial charge in [-0.3, -0.25) is 0 Å². The molecular weight excluding hydrogens is 154 g/mol. The summed E-state index contributed by atoms with van der Waals surface area (Å²) in [4.78, 5) is 0. The third kappa shape index (κ3) is 2.28. The molecule has 0 aromatic heterocycles. The van der Waals surface area contributed by atoms with Gasteiger partial charge in [-0.05, 0) is 29.8 Å². The Labute approximate surface area is 71.0 Å². The summed E-state index contributed by atoms with van der Waals surface area (Å²) in [7, 11) is 0. The van der Waals surface area contributed by atoms with Crippen LogP contribution >= 0.6 is 11.8 Å². The van der Waals surface area contributed by atoms with Crippen LogP contribution in [0.3, 0.4) is 0 Å². The zero-order valence-corrected chi connectivity index (χ0v) is 7.19. The maximum atomic E-state index is 8.33. The molecule has 0 amide bonds. The van der Waals surface area contributed by atoms with Crippen LogP contribution in [-0.2, 0) is 5.75 Å². The molecule has 0 atom stereocenters. The topological polar surface area (TPSA) is 23.8 Å². The van der Waals surface area contributed by atoms with Gasteiger partial charge in [0.1, 0.15) is 5.40 Å². The van der Waals surface area contributed by atoms with Crippen LogP contribution in [0.25, 0.3) is 0 Å². The van der Waals surface area contributed by atoms with Gasteiger partial charge in [-0.25, -0.2) is 0 Å². The maximum Gasteiger partial charge on any atom is 0.133 e. The van der Waals surface area contributed by atoms with Gasteiger partial charge in [-0.15, -0.1) is 0 Å². The molecule has 0 aliphatic rings. The molecule has 0 radical (unpaired) electrons. The van der Waals surface area contributed by atoms with Crippen molar-refractivity contribution >= 4 is 11.8 Å². The van der Waals surface area contributed by atoms with E-state index in [1.54, 1.807) is 0 Å². The molecule has 0 heterocycles. The van der Waals surface area contributed by atoms with Crippen LogP contribution in [0.5, 0.6) is 0 Å². The van der Waals surface area contributed by atoms with E-state index in [4.69, 9.17) is 5.26 Å². The van der Waals surface area contributed by atoms with Crippen molar-refractivity contribution in [2.75, 3.05) is 0 Å². The van der Waals surface area contributed by atoms with Gasteiger partial charge in [0.25, 0.3) is 0 Å². The molecule has 1 aromatic rings. The van der Waals surface area contributed by atoms with E-state index in [1.165, 1.54) is 22.9 Å². The Balaban J connectivity index is 2.71. The first-order valence-electron chi connectivity index (χ1n) is 3.40. The minimum atomic E-state index is 0.795. The fraction of sp³-hybridized carbons (Fsp3) is 0.222. The summed E-state index contributed by atoms with van der Waals surface area (Å²) in [5.74, 6) is 0.795. The Morgan fingerprint density at radius 3 is 2.82 bits per heavy atom. The summed E-state index contributed by atoms with van der Waals surface area (Å²) in [6.07, 6.45) is 0. The molecule has 0 saturated heterocycles. The van der Waals surface area contributed by atoms with Gasteiger partial charge in [0.15, 0.2) is 0 Å². The lowest BCUT2D eigenvalue weighted by atomic mass is 10.1. The zero-order chi connectivity index (χ0) is 8.10. The van der Waals surface area contributed by atoms with Crippen molar-refractivity contribution in [2.45, 2.75) is 12.7 Å². The first-order valence-corrected chi connectivity index (χ1v) is 4.38. The number of thioether (sulfide) groups is 1. The van der Waals surface area contributed by atoms with E-state index in [-0.39, 0.29) is 0 Å². The van der Waals surface area contributed by atoms with E-state index < -0.39 is 0 Å². The number of benzene rings is 1. The van der Waals surface area contributed by atoms with Crippen LogP contribution in [0, 0.1) is 17.6 Å². The number of hydrogen-bond acceptors (Lipinski definition) is 2. The SMILES string of the molecule is Cc1ccccc1CSC#N. The molecule has 0 aliphatic carbocycles. The van der Waals surface area contributed by atoms with Crippen LogP contribution in [0.4, 0.5) is 0 Å². The lowest BCUT2D eigenvalue weighted by Gasteiger charge is -1.99. The molecule has 1 nitrogen and oxygen atoms in total. The van der Waals surface area contributed by atoms with E-state index in [1.807, 2.05) is 12.1 Å². The van der Waals surface area contributed by atoms with Gasteiger partial charge < -0.3 is 0 Å². The molecule has 0 N–H and O–H groups in total. The second-order valence-electron chi connectivity index (χ2n) is 2.31. The fourth-order valence-electron chi connectivity index (χ4n) is 0.882. The highest BCUT2D eigenvalue weighted by atomic mass is 32.2. The molecular formula is C9H9NS. The second-order valence-corrected chi connectivity index (χ2v) is 3.07. The van der Waals surface area contributed by atoms with Gasteiger partial charge in [0.05, 0.1) is 0 Å². The molecule has 0 unspecified atom stereocenters. The molecule has 1 aromatic carbocycles. The number of nitriles is 1. The second kappa shape index (κ2) is 4.05. The van der Waals surface area contributed by atoms with Crippen LogP contribution in [-0.4, -0.2) is 0 Å². The highest BCUT2D eigenvalue weighted by Crippen LogP contribution is 2.14. The molecule has 2 heteroatoms. The third-order valence-electron chi connectivity index (χ3n) is 1.55. The highest BCUT2D eigenvalue weighted by molar-refractivity contribution is 8.02. The van der Waals surface area contributed by atoms with Gasteiger partial charge in [0, 0.05) is 5.75 Å².